The average molecular weight is 379 g/mol. The van der Waals surface area contributed by atoms with E-state index in [2.05, 4.69) is 71.3 Å². The van der Waals surface area contributed by atoms with Crippen LogP contribution in [0.15, 0.2) is 53.4 Å². The van der Waals surface area contributed by atoms with Crippen molar-refractivity contribution in [1.29, 1.82) is 0 Å². The number of benzene rings is 2. The standard InChI is InChI=1S/C21H22N4OS/c1-14-5-3-6-15(2)20(14)18-12-19-24-21(23-18)25-27-17-8-4-7-16(11-17)13-22-9-10-26-19/h3-8,11-12,22H,9-10,13H2,1-2H3,(H,23,24,25). The maximum absolute atomic E-state index is 5.90. The molecule has 2 heterocycles. The van der Waals surface area contributed by atoms with E-state index in [1.165, 1.54) is 28.6 Å². The van der Waals surface area contributed by atoms with E-state index < -0.39 is 0 Å². The zero-order valence-electron chi connectivity index (χ0n) is 15.5. The lowest BCUT2D eigenvalue weighted by molar-refractivity contribution is 0.302. The number of hydrogen-bond acceptors (Lipinski definition) is 6. The molecule has 0 unspecified atom stereocenters. The third-order valence-electron chi connectivity index (χ3n) is 4.46. The Morgan fingerprint density at radius 1 is 1.00 bits per heavy atom. The van der Waals surface area contributed by atoms with Gasteiger partial charge in [-0.1, -0.05) is 30.3 Å². The first-order valence-corrected chi connectivity index (χ1v) is 9.82. The molecule has 4 rings (SSSR count). The molecule has 5 nitrogen and oxygen atoms in total. The lowest BCUT2D eigenvalue weighted by atomic mass is 10.00. The van der Waals surface area contributed by atoms with Crippen LogP contribution >= 0.6 is 11.9 Å². The molecule has 138 valence electrons. The maximum Gasteiger partial charge on any atom is 0.237 e. The highest BCUT2D eigenvalue weighted by molar-refractivity contribution is 8.00. The van der Waals surface area contributed by atoms with E-state index in [-0.39, 0.29) is 0 Å². The lowest BCUT2D eigenvalue weighted by Gasteiger charge is -2.13. The number of hydrogen-bond donors (Lipinski definition) is 2. The average Bonchev–Trinajstić information content (AvgIpc) is 2.66. The molecule has 0 saturated heterocycles. The van der Waals surface area contributed by atoms with E-state index in [1.807, 2.05) is 6.07 Å². The monoisotopic (exact) mass is 378 g/mol. The van der Waals surface area contributed by atoms with E-state index >= 15 is 0 Å². The summed E-state index contributed by atoms with van der Waals surface area (Å²) in [5, 5.41) is 3.41. The number of aryl methyl sites for hydroxylation is 2. The Labute approximate surface area is 163 Å². The molecule has 0 aliphatic carbocycles. The number of rotatable bonds is 1. The summed E-state index contributed by atoms with van der Waals surface area (Å²) in [6.07, 6.45) is 0. The summed E-state index contributed by atoms with van der Waals surface area (Å²) < 4.78 is 9.17. The smallest absolute Gasteiger partial charge is 0.237 e. The molecule has 2 aromatic carbocycles. The molecule has 2 N–H and O–H groups in total. The van der Waals surface area contributed by atoms with E-state index in [0.29, 0.717) is 18.4 Å². The van der Waals surface area contributed by atoms with Crippen LogP contribution in [-0.2, 0) is 6.54 Å². The van der Waals surface area contributed by atoms with Crippen molar-refractivity contribution in [2.24, 2.45) is 0 Å². The van der Waals surface area contributed by atoms with Crippen LogP contribution in [0.2, 0.25) is 0 Å². The van der Waals surface area contributed by atoms with Gasteiger partial charge in [0.1, 0.15) is 6.61 Å². The summed E-state index contributed by atoms with van der Waals surface area (Å²) in [5.74, 6) is 1.13. The Hall–Kier alpha value is -2.57. The molecule has 0 radical (unpaired) electrons. The quantitative estimate of drug-likeness (QED) is 0.614. The van der Waals surface area contributed by atoms with Gasteiger partial charge >= 0.3 is 0 Å². The van der Waals surface area contributed by atoms with Crippen molar-refractivity contribution >= 4 is 17.9 Å². The topological polar surface area (TPSA) is 59.1 Å². The van der Waals surface area contributed by atoms with Crippen molar-refractivity contribution < 1.29 is 4.74 Å². The highest BCUT2D eigenvalue weighted by atomic mass is 32.2. The zero-order chi connectivity index (χ0) is 18.6. The molecule has 1 aliphatic heterocycles. The minimum absolute atomic E-state index is 0.549. The second-order valence-corrected chi connectivity index (χ2v) is 7.44. The number of anilines is 1. The van der Waals surface area contributed by atoms with Gasteiger partial charge in [-0.25, -0.2) is 4.98 Å². The summed E-state index contributed by atoms with van der Waals surface area (Å²) in [7, 11) is 0. The summed E-state index contributed by atoms with van der Waals surface area (Å²) in [5.41, 5.74) is 5.61. The van der Waals surface area contributed by atoms with Gasteiger partial charge in [0, 0.05) is 29.6 Å². The molecule has 0 amide bonds. The van der Waals surface area contributed by atoms with Crippen molar-refractivity contribution in [2.45, 2.75) is 25.3 Å². The highest BCUT2D eigenvalue weighted by Crippen LogP contribution is 2.30. The number of nitrogens with one attached hydrogen (secondary N) is 2. The van der Waals surface area contributed by atoms with Gasteiger partial charge in [0.05, 0.1) is 5.69 Å². The largest absolute Gasteiger partial charge is 0.476 e. The number of aromatic nitrogens is 2. The molecule has 1 aromatic heterocycles. The predicted octanol–water partition coefficient (Wildman–Crippen LogP) is 4.36. The summed E-state index contributed by atoms with van der Waals surface area (Å²) in [6, 6.07) is 16.6. The van der Waals surface area contributed by atoms with Crippen LogP contribution in [0.3, 0.4) is 0 Å². The summed E-state index contributed by atoms with van der Waals surface area (Å²) in [4.78, 5) is 10.4. The lowest BCUT2D eigenvalue weighted by Crippen LogP contribution is -2.20. The van der Waals surface area contributed by atoms with Crippen molar-refractivity contribution in [3.63, 3.8) is 0 Å². The first kappa shape index (κ1) is 17.8. The minimum Gasteiger partial charge on any atom is -0.476 e. The summed E-state index contributed by atoms with van der Waals surface area (Å²) >= 11 is 1.51. The van der Waals surface area contributed by atoms with Crippen molar-refractivity contribution in [3.8, 4) is 17.1 Å². The second kappa shape index (κ2) is 7.98. The van der Waals surface area contributed by atoms with Gasteiger partial charge in [-0.15, -0.1) is 0 Å². The fraction of sp³-hybridized carbons (Fsp3) is 0.238. The molecular formula is C21H22N4OS. The number of nitrogens with zero attached hydrogens (tertiary/aromatic N) is 2. The van der Waals surface area contributed by atoms with Crippen LogP contribution < -0.4 is 14.8 Å². The van der Waals surface area contributed by atoms with Crippen LogP contribution in [-0.4, -0.2) is 23.1 Å². The first-order chi connectivity index (χ1) is 13.2. The third kappa shape index (κ3) is 4.23. The maximum atomic E-state index is 5.90. The second-order valence-electron chi connectivity index (χ2n) is 6.56. The molecule has 3 aromatic rings. The Morgan fingerprint density at radius 2 is 1.81 bits per heavy atom. The fourth-order valence-corrected chi connectivity index (χ4v) is 3.83. The Kier molecular flexibility index (Phi) is 5.27. The fourth-order valence-electron chi connectivity index (χ4n) is 3.18. The van der Waals surface area contributed by atoms with Crippen molar-refractivity contribution in [1.82, 2.24) is 15.3 Å². The molecular weight excluding hydrogens is 356 g/mol. The number of ether oxygens (including phenoxy) is 1. The van der Waals surface area contributed by atoms with Gasteiger partial charge in [-0.2, -0.15) is 4.98 Å². The van der Waals surface area contributed by atoms with Crippen LogP contribution in [0.25, 0.3) is 11.3 Å². The first-order valence-electron chi connectivity index (χ1n) is 9.00. The molecule has 27 heavy (non-hydrogen) atoms. The van der Waals surface area contributed by atoms with Gasteiger partial charge in [0.2, 0.25) is 11.8 Å². The van der Waals surface area contributed by atoms with E-state index in [9.17, 15) is 0 Å². The van der Waals surface area contributed by atoms with E-state index in [4.69, 9.17) is 9.72 Å². The normalized spacial score (nSPS) is 14.1. The van der Waals surface area contributed by atoms with Gasteiger partial charge < -0.3 is 10.1 Å². The van der Waals surface area contributed by atoms with Crippen molar-refractivity contribution in [2.75, 3.05) is 17.9 Å². The van der Waals surface area contributed by atoms with Crippen LogP contribution in [0.1, 0.15) is 16.7 Å². The number of fused-ring (bicyclic) bond motifs is 4. The SMILES string of the molecule is Cc1cccc(C)c1-c1cc2nc(n1)NSc1cccc(c1)CNCCO2. The van der Waals surface area contributed by atoms with Gasteiger partial charge in [0.15, 0.2) is 0 Å². The van der Waals surface area contributed by atoms with E-state index in [1.54, 1.807) is 0 Å². The zero-order valence-corrected chi connectivity index (χ0v) is 16.3. The molecule has 0 atom stereocenters. The predicted molar refractivity (Wildman–Crippen MR) is 110 cm³/mol. The summed E-state index contributed by atoms with van der Waals surface area (Å²) in [6.45, 7) is 6.32. The van der Waals surface area contributed by atoms with Crippen molar-refractivity contribution in [3.05, 3.63) is 65.2 Å². The molecule has 6 heteroatoms. The molecule has 0 fully saturated rings. The Bertz CT molecular complexity index is 940. The van der Waals surface area contributed by atoms with Crippen LogP contribution in [0.5, 0.6) is 5.88 Å². The minimum atomic E-state index is 0.549. The third-order valence-corrected chi connectivity index (χ3v) is 5.23. The Morgan fingerprint density at radius 3 is 2.67 bits per heavy atom. The van der Waals surface area contributed by atoms with Gasteiger partial charge in [-0.3, -0.25) is 4.72 Å². The molecule has 0 spiro atoms. The van der Waals surface area contributed by atoms with E-state index in [0.717, 1.165) is 29.2 Å². The highest BCUT2D eigenvalue weighted by Gasteiger charge is 2.13. The molecule has 1 aliphatic rings. The molecule has 0 saturated carbocycles. The molecule has 4 bridgehead atoms. The van der Waals surface area contributed by atoms with Gasteiger partial charge in [-0.05, 0) is 54.6 Å². The van der Waals surface area contributed by atoms with Crippen LogP contribution in [0.4, 0.5) is 5.95 Å². The van der Waals surface area contributed by atoms with Crippen LogP contribution in [0, 0.1) is 13.8 Å². The Balaban J connectivity index is 1.72. The van der Waals surface area contributed by atoms with Gasteiger partial charge in [0.25, 0.3) is 0 Å².